The van der Waals surface area contributed by atoms with Gasteiger partial charge in [0.15, 0.2) is 0 Å². The number of rotatable bonds is 2. The Kier molecular flexibility index (Phi) is 4.17. The fourth-order valence-corrected chi connectivity index (χ4v) is 1.22. The quantitative estimate of drug-likeness (QED) is 0.541. The minimum Gasteiger partial charge on any atom is -0.239 e. The highest BCUT2D eigenvalue weighted by molar-refractivity contribution is 14.1. The van der Waals surface area contributed by atoms with Crippen molar-refractivity contribution in [3.05, 3.63) is 0 Å². The highest BCUT2D eigenvalue weighted by Crippen LogP contribution is 2.22. The summed E-state index contributed by atoms with van der Waals surface area (Å²) in [6.45, 7) is 11.2. The molecule has 0 aliphatic carbocycles. The standard InChI is InChI=1S/C8H18IN/c1-6-7(2)10(9)8(3,4)5/h7H,6H2,1-5H3. The first-order chi connectivity index (χ1) is 4.39. The van der Waals surface area contributed by atoms with Gasteiger partial charge in [-0.1, -0.05) is 6.92 Å². The van der Waals surface area contributed by atoms with Crippen molar-refractivity contribution >= 4 is 22.9 Å². The Morgan fingerprint density at radius 1 is 1.40 bits per heavy atom. The van der Waals surface area contributed by atoms with E-state index in [1.807, 2.05) is 0 Å². The maximum absolute atomic E-state index is 2.41. The molecule has 1 atom stereocenters. The smallest absolute Gasteiger partial charge is 0.0223 e. The van der Waals surface area contributed by atoms with Gasteiger partial charge in [0.1, 0.15) is 0 Å². The van der Waals surface area contributed by atoms with Gasteiger partial charge in [-0.05, 0) is 34.1 Å². The third-order valence-electron chi connectivity index (χ3n) is 1.62. The van der Waals surface area contributed by atoms with Crippen molar-refractivity contribution in [3.8, 4) is 0 Å². The third kappa shape index (κ3) is 3.19. The van der Waals surface area contributed by atoms with E-state index in [1.54, 1.807) is 0 Å². The van der Waals surface area contributed by atoms with Gasteiger partial charge in [-0.2, -0.15) is 0 Å². The zero-order valence-corrected chi connectivity index (χ0v) is 9.77. The number of hydrogen-bond donors (Lipinski definition) is 0. The minimum absolute atomic E-state index is 0.302. The van der Waals surface area contributed by atoms with Gasteiger partial charge < -0.3 is 0 Å². The molecule has 0 aliphatic heterocycles. The molecular weight excluding hydrogens is 237 g/mol. The number of hydrogen-bond acceptors (Lipinski definition) is 1. The van der Waals surface area contributed by atoms with Crippen LogP contribution in [0.2, 0.25) is 0 Å². The van der Waals surface area contributed by atoms with E-state index in [2.05, 4.69) is 60.6 Å². The first kappa shape index (κ1) is 10.7. The molecule has 0 rings (SSSR count). The fraction of sp³-hybridized carbons (Fsp3) is 1.00. The molecule has 0 fully saturated rings. The summed E-state index contributed by atoms with van der Waals surface area (Å²) in [7, 11) is 0. The molecule has 10 heavy (non-hydrogen) atoms. The van der Waals surface area contributed by atoms with Gasteiger partial charge in [0, 0.05) is 34.4 Å². The topological polar surface area (TPSA) is 3.24 Å². The lowest BCUT2D eigenvalue weighted by molar-refractivity contribution is 0.242. The molecule has 1 nitrogen and oxygen atoms in total. The summed E-state index contributed by atoms with van der Waals surface area (Å²) in [6, 6.07) is 0.681. The molecule has 0 saturated heterocycles. The Morgan fingerprint density at radius 3 is 1.90 bits per heavy atom. The van der Waals surface area contributed by atoms with E-state index in [-0.39, 0.29) is 0 Å². The predicted molar refractivity (Wildman–Crippen MR) is 55.4 cm³/mol. The van der Waals surface area contributed by atoms with E-state index in [4.69, 9.17) is 0 Å². The van der Waals surface area contributed by atoms with Crippen LogP contribution in [0.5, 0.6) is 0 Å². The van der Waals surface area contributed by atoms with Crippen molar-refractivity contribution in [3.63, 3.8) is 0 Å². The highest BCUT2D eigenvalue weighted by atomic mass is 127. The van der Waals surface area contributed by atoms with Gasteiger partial charge in [0.2, 0.25) is 0 Å². The molecule has 62 valence electrons. The summed E-state index contributed by atoms with van der Waals surface area (Å²) >= 11 is 2.41. The average molecular weight is 255 g/mol. The molecule has 2 heteroatoms. The monoisotopic (exact) mass is 255 g/mol. The zero-order chi connectivity index (χ0) is 8.36. The van der Waals surface area contributed by atoms with Gasteiger partial charge in [-0.25, -0.2) is 3.11 Å². The molecule has 0 amide bonds. The third-order valence-corrected chi connectivity index (χ3v) is 4.02. The second kappa shape index (κ2) is 3.90. The number of nitrogens with zero attached hydrogens (tertiary/aromatic N) is 1. The van der Waals surface area contributed by atoms with E-state index < -0.39 is 0 Å². The van der Waals surface area contributed by atoms with Crippen molar-refractivity contribution in [1.29, 1.82) is 0 Å². The van der Waals surface area contributed by atoms with Crippen LogP contribution < -0.4 is 0 Å². The van der Waals surface area contributed by atoms with Crippen LogP contribution in [-0.4, -0.2) is 14.7 Å². The van der Waals surface area contributed by atoms with E-state index in [9.17, 15) is 0 Å². The SMILES string of the molecule is CCC(C)N(I)C(C)(C)C. The summed E-state index contributed by atoms with van der Waals surface area (Å²) < 4.78 is 2.38. The summed E-state index contributed by atoms with van der Waals surface area (Å²) in [6.07, 6.45) is 1.22. The minimum atomic E-state index is 0.302. The molecule has 0 aromatic rings. The zero-order valence-electron chi connectivity index (χ0n) is 7.61. The van der Waals surface area contributed by atoms with Crippen LogP contribution in [0.4, 0.5) is 0 Å². The van der Waals surface area contributed by atoms with E-state index >= 15 is 0 Å². The average Bonchev–Trinajstić information content (AvgIpc) is 1.83. The fourth-order valence-electron chi connectivity index (χ4n) is 0.821. The summed E-state index contributed by atoms with van der Waals surface area (Å²) in [4.78, 5) is 0. The largest absolute Gasteiger partial charge is 0.239 e. The first-order valence-electron chi connectivity index (χ1n) is 3.84. The van der Waals surface area contributed by atoms with Crippen LogP contribution >= 0.6 is 22.9 Å². The predicted octanol–water partition coefficient (Wildman–Crippen LogP) is 3.24. The van der Waals surface area contributed by atoms with Gasteiger partial charge in [0.05, 0.1) is 0 Å². The maximum Gasteiger partial charge on any atom is 0.0223 e. The van der Waals surface area contributed by atoms with Crippen LogP contribution in [0.25, 0.3) is 0 Å². The molecule has 0 aliphatic rings. The molecule has 0 spiro atoms. The van der Waals surface area contributed by atoms with Gasteiger partial charge in [-0.15, -0.1) is 0 Å². The van der Waals surface area contributed by atoms with Crippen molar-refractivity contribution in [2.75, 3.05) is 0 Å². The van der Waals surface area contributed by atoms with Crippen LogP contribution in [0.15, 0.2) is 0 Å². The normalized spacial score (nSPS) is 15.9. The van der Waals surface area contributed by atoms with E-state index in [0.717, 1.165) is 0 Å². The second-order valence-electron chi connectivity index (χ2n) is 3.74. The molecule has 0 heterocycles. The molecule has 0 aromatic heterocycles. The van der Waals surface area contributed by atoms with Crippen molar-refractivity contribution < 1.29 is 0 Å². The molecule has 1 unspecified atom stereocenters. The summed E-state index contributed by atoms with van der Waals surface area (Å²) in [5.41, 5.74) is 0.302. The van der Waals surface area contributed by atoms with Gasteiger partial charge in [-0.3, -0.25) is 0 Å². The van der Waals surface area contributed by atoms with Gasteiger partial charge in [0.25, 0.3) is 0 Å². The molecular formula is C8H18IN. The Hall–Kier alpha value is 0.690. The molecule has 0 bridgehead atoms. The van der Waals surface area contributed by atoms with Crippen LogP contribution in [0.1, 0.15) is 41.0 Å². The number of halogens is 1. The Bertz CT molecular complexity index is 95.9. The van der Waals surface area contributed by atoms with Crippen LogP contribution in [-0.2, 0) is 0 Å². The second-order valence-corrected chi connectivity index (χ2v) is 4.78. The van der Waals surface area contributed by atoms with E-state index in [1.165, 1.54) is 6.42 Å². The Balaban J connectivity index is 3.94. The lowest BCUT2D eigenvalue weighted by Gasteiger charge is -2.34. The lowest BCUT2D eigenvalue weighted by atomic mass is 10.1. The molecule has 0 aromatic carbocycles. The molecule has 0 N–H and O–H groups in total. The van der Waals surface area contributed by atoms with Crippen molar-refractivity contribution in [2.45, 2.75) is 52.6 Å². The van der Waals surface area contributed by atoms with Crippen LogP contribution in [0.3, 0.4) is 0 Å². The first-order valence-corrected chi connectivity index (χ1v) is 4.81. The summed E-state index contributed by atoms with van der Waals surface area (Å²) in [5, 5.41) is 0. The van der Waals surface area contributed by atoms with Gasteiger partial charge >= 0.3 is 0 Å². The highest BCUT2D eigenvalue weighted by Gasteiger charge is 2.22. The summed E-state index contributed by atoms with van der Waals surface area (Å²) in [5.74, 6) is 0. The Morgan fingerprint density at radius 2 is 1.80 bits per heavy atom. The van der Waals surface area contributed by atoms with Crippen LogP contribution in [0, 0.1) is 0 Å². The van der Waals surface area contributed by atoms with Crippen molar-refractivity contribution in [2.24, 2.45) is 0 Å². The lowest BCUT2D eigenvalue weighted by Crippen LogP contribution is -2.39. The van der Waals surface area contributed by atoms with E-state index in [0.29, 0.717) is 11.6 Å². The molecule has 0 saturated carbocycles. The Labute approximate surface area is 78.7 Å². The molecule has 0 radical (unpaired) electrons. The maximum atomic E-state index is 2.41. The van der Waals surface area contributed by atoms with Crippen molar-refractivity contribution in [1.82, 2.24) is 3.11 Å².